The quantitative estimate of drug-likeness (QED) is 0.635. The highest BCUT2D eigenvalue weighted by molar-refractivity contribution is 9.10. The Morgan fingerprint density at radius 3 is 2.33 bits per heavy atom. The number of methoxy groups -OCH3 is 1. The van der Waals surface area contributed by atoms with Crippen LogP contribution in [-0.2, 0) is 19.9 Å². The highest BCUT2D eigenvalue weighted by Crippen LogP contribution is 2.60. The summed E-state index contributed by atoms with van der Waals surface area (Å²) in [6, 6.07) is 7.84. The normalized spacial score (nSPS) is 30.3. The Balaban J connectivity index is 2.40. The molecule has 0 aliphatic carbocycles. The van der Waals surface area contributed by atoms with E-state index in [0.717, 1.165) is 10.0 Å². The van der Waals surface area contributed by atoms with Gasteiger partial charge in [0.1, 0.15) is 5.60 Å². The third-order valence-corrected chi connectivity index (χ3v) is 4.26. The van der Waals surface area contributed by atoms with E-state index in [1.807, 2.05) is 45.0 Å². The van der Waals surface area contributed by atoms with Crippen molar-refractivity contribution >= 4 is 21.9 Å². The molecule has 1 aliphatic heterocycles. The molecular weight excluding hydrogens is 296 g/mol. The second-order valence-corrected chi connectivity index (χ2v) is 5.94. The predicted octanol–water partition coefficient (Wildman–Crippen LogP) is 3.26. The molecule has 1 aromatic carbocycles. The molecule has 0 bridgehead atoms. The molecule has 0 spiro atoms. The molecule has 1 saturated heterocycles. The van der Waals surface area contributed by atoms with E-state index in [4.69, 9.17) is 9.47 Å². The summed E-state index contributed by atoms with van der Waals surface area (Å²) in [7, 11) is 1.40. The van der Waals surface area contributed by atoms with Crippen molar-refractivity contribution in [2.75, 3.05) is 7.11 Å². The van der Waals surface area contributed by atoms with Crippen LogP contribution in [0.1, 0.15) is 26.3 Å². The average Bonchev–Trinajstić information content (AvgIpc) is 2.98. The molecule has 98 valence electrons. The molecule has 1 fully saturated rings. The summed E-state index contributed by atoms with van der Waals surface area (Å²) in [6.45, 7) is 5.88. The topological polar surface area (TPSA) is 38.8 Å². The maximum Gasteiger partial charge on any atom is 0.341 e. The lowest BCUT2D eigenvalue weighted by molar-refractivity contribution is -0.148. The fourth-order valence-electron chi connectivity index (χ4n) is 2.63. The summed E-state index contributed by atoms with van der Waals surface area (Å²) in [5, 5.41) is 0. The Bertz CT molecular complexity index is 468. The number of hydrogen-bond acceptors (Lipinski definition) is 3. The van der Waals surface area contributed by atoms with Crippen LogP contribution in [0.2, 0.25) is 0 Å². The van der Waals surface area contributed by atoms with Crippen molar-refractivity contribution in [3.8, 4) is 0 Å². The molecule has 0 aromatic heterocycles. The van der Waals surface area contributed by atoms with Crippen LogP contribution >= 0.6 is 15.9 Å². The van der Waals surface area contributed by atoms with Gasteiger partial charge in [-0.2, -0.15) is 0 Å². The van der Waals surface area contributed by atoms with Crippen molar-refractivity contribution in [1.82, 2.24) is 0 Å². The Labute approximate surface area is 116 Å². The van der Waals surface area contributed by atoms with Gasteiger partial charge in [0.2, 0.25) is 5.60 Å². The minimum atomic E-state index is -0.865. The van der Waals surface area contributed by atoms with E-state index in [1.54, 1.807) is 0 Å². The van der Waals surface area contributed by atoms with Gasteiger partial charge in [0.05, 0.1) is 7.11 Å². The number of hydrogen-bond donors (Lipinski definition) is 0. The molecule has 1 aliphatic rings. The van der Waals surface area contributed by atoms with Gasteiger partial charge in [-0.1, -0.05) is 41.9 Å². The SMILES string of the molecule is COC(=O)C1(C(C)C)OC1(C)c1ccc(Br)cc1. The summed E-state index contributed by atoms with van der Waals surface area (Å²) >= 11 is 3.40. The first-order valence-electron chi connectivity index (χ1n) is 5.93. The highest BCUT2D eigenvalue weighted by Gasteiger charge is 2.75. The van der Waals surface area contributed by atoms with Crippen LogP contribution in [-0.4, -0.2) is 18.7 Å². The van der Waals surface area contributed by atoms with Crippen molar-refractivity contribution in [2.45, 2.75) is 32.0 Å². The van der Waals surface area contributed by atoms with Gasteiger partial charge in [-0.25, -0.2) is 4.79 Å². The van der Waals surface area contributed by atoms with E-state index in [9.17, 15) is 4.79 Å². The molecule has 4 heteroatoms. The van der Waals surface area contributed by atoms with Gasteiger partial charge >= 0.3 is 5.97 Å². The van der Waals surface area contributed by atoms with Crippen LogP contribution in [0.25, 0.3) is 0 Å². The highest BCUT2D eigenvalue weighted by atomic mass is 79.9. The summed E-state index contributed by atoms with van der Waals surface area (Å²) in [4.78, 5) is 12.0. The van der Waals surface area contributed by atoms with Crippen LogP contribution in [0.5, 0.6) is 0 Å². The van der Waals surface area contributed by atoms with Crippen molar-refractivity contribution in [1.29, 1.82) is 0 Å². The first kappa shape index (κ1) is 13.6. The van der Waals surface area contributed by atoms with E-state index >= 15 is 0 Å². The van der Waals surface area contributed by atoms with E-state index in [2.05, 4.69) is 15.9 Å². The lowest BCUT2D eigenvalue weighted by Crippen LogP contribution is -2.37. The van der Waals surface area contributed by atoms with Gasteiger partial charge in [-0.3, -0.25) is 0 Å². The second-order valence-electron chi connectivity index (χ2n) is 5.02. The van der Waals surface area contributed by atoms with E-state index < -0.39 is 11.2 Å². The number of halogens is 1. The molecule has 3 nitrogen and oxygen atoms in total. The maximum absolute atomic E-state index is 12.0. The molecule has 0 saturated carbocycles. The van der Waals surface area contributed by atoms with Crippen molar-refractivity contribution in [3.05, 3.63) is 34.3 Å². The van der Waals surface area contributed by atoms with Crippen LogP contribution in [0.15, 0.2) is 28.7 Å². The Morgan fingerprint density at radius 2 is 1.89 bits per heavy atom. The molecule has 2 unspecified atom stereocenters. The van der Waals surface area contributed by atoms with Crippen molar-refractivity contribution in [3.63, 3.8) is 0 Å². The lowest BCUT2D eigenvalue weighted by Gasteiger charge is -2.18. The summed E-state index contributed by atoms with van der Waals surface area (Å²) < 4.78 is 11.8. The summed E-state index contributed by atoms with van der Waals surface area (Å²) in [5.74, 6) is -0.249. The van der Waals surface area contributed by atoms with Crippen LogP contribution in [0.3, 0.4) is 0 Å². The molecule has 1 aromatic rings. The fourth-order valence-corrected chi connectivity index (χ4v) is 2.89. The smallest absolute Gasteiger partial charge is 0.341 e. The number of carbonyl (C=O) groups is 1. The zero-order chi connectivity index (χ0) is 13.6. The molecule has 2 atom stereocenters. The Hall–Kier alpha value is -0.870. The lowest BCUT2D eigenvalue weighted by atomic mass is 9.80. The fraction of sp³-hybridized carbons (Fsp3) is 0.500. The van der Waals surface area contributed by atoms with Gasteiger partial charge in [0.25, 0.3) is 0 Å². The molecule has 1 heterocycles. The van der Waals surface area contributed by atoms with Gasteiger partial charge in [0, 0.05) is 4.47 Å². The number of ether oxygens (including phenoxy) is 2. The largest absolute Gasteiger partial charge is 0.467 e. The number of esters is 1. The third-order valence-electron chi connectivity index (χ3n) is 3.73. The van der Waals surface area contributed by atoms with Crippen LogP contribution in [0.4, 0.5) is 0 Å². The summed E-state index contributed by atoms with van der Waals surface area (Å²) in [5.41, 5.74) is -0.477. The minimum absolute atomic E-state index is 0.0543. The van der Waals surface area contributed by atoms with Gasteiger partial charge in [0.15, 0.2) is 0 Å². The van der Waals surface area contributed by atoms with Crippen molar-refractivity contribution < 1.29 is 14.3 Å². The van der Waals surface area contributed by atoms with E-state index in [0.29, 0.717) is 0 Å². The van der Waals surface area contributed by atoms with Crippen molar-refractivity contribution in [2.24, 2.45) is 5.92 Å². The number of benzene rings is 1. The molecule has 0 radical (unpaired) electrons. The maximum atomic E-state index is 12.0. The molecule has 18 heavy (non-hydrogen) atoms. The molecule has 0 amide bonds. The number of carbonyl (C=O) groups excluding carboxylic acids is 1. The molecule has 0 N–H and O–H groups in total. The average molecular weight is 313 g/mol. The zero-order valence-electron chi connectivity index (χ0n) is 11.0. The predicted molar refractivity (Wildman–Crippen MR) is 72.2 cm³/mol. The van der Waals surface area contributed by atoms with Crippen LogP contribution < -0.4 is 0 Å². The van der Waals surface area contributed by atoms with Gasteiger partial charge < -0.3 is 9.47 Å². The number of epoxide rings is 1. The number of rotatable bonds is 3. The first-order valence-corrected chi connectivity index (χ1v) is 6.72. The van der Waals surface area contributed by atoms with Gasteiger partial charge in [-0.05, 0) is 30.5 Å². The third kappa shape index (κ3) is 1.70. The minimum Gasteiger partial charge on any atom is -0.467 e. The van der Waals surface area contributed by atoms with E-state index in [1.165, 1.54) is 7.11 Å². The Kier molecular flexibility index (Phi) is 3.28. The Morgan fingerprint density at radius 1 is 1.33 bits per heavy atom. The monoisotopic (exact) mass is 312 g/mol. The first-order chi connectivity index (χ1) is 8.38. The van der Waals surface area contributed by atoms with Crippen LogP contribution in [0, 0.1) is 5.92 Å². The zero-order valence-corrected chi connectivity index (χ0v) is 12.6. The standard InChI is InChI=1S/C14H17BrO3/c1-9(2)14(12(16)17-4)13(3,18-14)10-5-7-11(15)8-6-10/h5-9H,1-4H3. The van der Waals surface area contributed by atoms with E-state index in [-0.39, 0.29) is 11.9 Å². The summed E-state index contributed by atoms with van der Waals surface area (Å²) in [6.07, 6.45) is 0. The molecular formula is C14H17BrO3. The second kappa shape index (κ2) is 4.35. The molecule has 2 rings (SSSR count). The van der Waals surface area contributed by atoms with Gasteiger partial charge in [-0.15, -0.1) is 0 Å².